The minimum atomic E-state index is -2.50. The molecule has 2 radical (unpaired) electrons. The molecule has 4 nitrogen and oxygen atoms in total. The van der Waals surface area contributed by atoms with Crippen molar-refractivity contribution >= 4 is 45.9 Å². The Morgan fingerprint density at radius 1 is 0.294 bits per heavy atom. The van der Waals surface area contributed by atoms with E-state index in [0.29, 0.717) is 0 Å². The average Bonchev–Trinajstić information content (AvgIpc) is 3.84. The zero-order chi connectivity index (χ0) is 35.9. The molecule has 0 saturated heterocycles. The van der Waals surface area contributed by atoms with Crippen molar-refractivity contribution in [2.45, 2.75) is 0 Å². The first-order valence-electron chi connectivity index (χ1n) is 15.5. The quantitative estimate of drug-likeness (QED) is 0.0731. The Labute approximate surface area is 313 Å². The second-order valence-electron chi connectivity index (χ2n) is 10.3. The number of hydrogen-bond acceptors (Lipinski definition) is 0. The summed E-state index contributed by atoms with van der Waals surface area (Å²) in [4.78, 5) is 0. The topological polar surface area (TPSA) is 73.8 Å². The van der Waals surface area contributed by atoms with Crippen molar-refractivity contribution in [3.63, 3.8) is 0 Å². The van der Waals surface area contributed by atoms with E-state index in [1.54, 1.807) is 0 Å². The number of benzene rings is 6. The van der Waals surface area contributed by atoms with Gasteiger partial charge in [-0.15, -0.1) is 4.17 Å². The number of hydrogen-bond donors (Lipinski definition) is 0. The maximum atomic E-state index is 7.50. The summed E-state index contributed by atoms with van der Waals surface area (Å²) in [6.07, 6.45) is 10.0. The van der Waals surface area contributed by atoms with Crippen LogP contribution < -0.4 is 36.0 Å². The van der Waals surface area contributed by atoms with Gasteiger partial charge >= 0.3 is 48.0 Å². The molecule has 0 heterocycles. The third-order valence-electron chi connectivity index (χ3n) is 7.60. The van der Waals surface area contributed by atoms with E-state index in [1.165, 1.54) is 31.8 Å². The number of rotatable bonds is 6. The van der Waals surface area contributed by atoms with Crippen LogP contribution in [0.5, 0.6) is 0 Å². The average molecular weight is 739 g/mol. The van der Waals surface area contributed by atoms with Gasteiger partial charge in [0.2, 0.25) is 0 Å². The van der Waals surface area contributed by atoms with Crippen LogP contribution in [-0.2, 0) is 32.5 Å². The van der Waals surface area contributed by atoms with E-state index in [-0.39, 0.29) is 18.6 Å². The van der Waals surface area contributed by atoms with E-state index >= 15 is 0 Å². The molecule has 0 saturated carbocycles. The molecule has 248 valence electrons. The van der Waals surface area contributed by atoms with Crippen LogP contribution in [0.1, 0.15) is 0 Å². The van der Waals surface area contributed by atoms with Gasteiger partial charge in [-0.2, -0.15) is 0 Å². The molecule has 51 heavy (non-hydrogen) atoms. The van der Waals surface area contributed by atoms with Gasteiger partial charge in [-0.3, -0.25) is 0 Å². The number of nitrogens with zero attached hydrogens (tertiary/aromatic N) is 1. The molecule has 6 aromatic rings. The molecule has 6 aromatic carbocycles. The van der Waals surface area contributed by atoms with Crippen LogP contribution in [0.2, 0.25) is 0 Å². The zero-order valence-corrected chi connectivity index (χ0v) is 30.9. The molecule has 0 aromatic heterocycles. The smallest absolute Gasteiger partial charge is 0.148 e. The molecular weight excluding hydrogens is 703 g/mol. The van der Waals surface area contributed by atoms with Crippen LogP contribution >= 0.6 is 14.1 Å². The molecule has 0 atom stereocenters. The molecule has 0 amide bonds. The molecule has 0 fully saturated rings. The van der Waals surface area contributed by atoms with Crippen LogP contribution in [0.25, 0.3) is 0 Å². The van der Waals surface area contributed by atoms with Crippen molar-refractivity contribution in [3.05, 3.63) is 233 Å². The molecule has 0 N–H and O–H groups in total. The second-order valence-corrected chi connectivity index (χ2v) is 16.7. The van der Waals surface area contributed by atoms with E-state index < -0.39 is 14.1 Å². The van der Waals surface area contributed by atoms with Gasteiger partial charge in [0.25, 0.3) is 0 Å². The maximum absolute atomic E-state index is 7.50. The summed E-state index contributed by atoms with van der Waals surface area (Å²) in [5.74, 6) is 0. The van der Waals surface area contributed by atoms with Crippen molar-refractivity contribution in [2.24, 2.45) is 0 Å². The van der Waals surface area contributed by atoms with Crippen LogP contribution in [0.4, 0.5) is 0 Å². The Morgan fingerprint density at radius 3 is 0.608 bits per heavy atom. The Bertz CT molecular complexity index is 1750. The SMILES string of the molecule is [C-]#[O+].[C-]#[O+].[C-]#[O+].[CH]1C=CC=C1.[V].c1ccc(P(=[N+]=P(c2ccccc2)(c2ccccc2)c2ccccc2)(c2ccccc2)c2ccccc2)cc1. The van der Waals surface area contributed by atoms with Gasteiger partial charge in [-0.05, 0) is 72.8 Å². The van der Waals surface area contributed by atoms with Gasteiger partial charge in [0.15, 0.2) is 0 Å². The van der Waals surface area contributed by atoms with Gasteiger partial charge in [0, 0.05) is 25.0 Å². The minimum Gasteiger partial charge on any atom is -0.148 e. The normalized spacial score (nSPS) is 10.6. The fourth-order valence-electron chi connectivity index (χ4n) is 5.59. The molecule has 7 rings (SSSR count). The molecule has 0 spiro atoms. The van der Waals surface area contributed by atoms with Crippen molar-refractivity contribution < 1.29 is 32.5 Å². The summed E-state index contributed by atoms with van der Waals surface area (Å²) in [6, 6.07) is 65.7. The third kappa shape index (κ3) is 10.4. The van der Waals surface area contributed by atoms with E-state index in [2.05, 4.69) is 202 Å². The first-order chi connectivity index (χ1) is 24.8. The van der Waals surface area contributed by atoms with Crippen molar-refractivity contribution in [3.8, 4) is 0 Å². The van der Waals surface area contributed by atoms with Gasteiger partial charge < -0.3 is 0 Å². The summed E-state index contributed by atoms with van der Waals surface area (Å²) < 4.78 is 28.9. The standard InChI is InChI=1S/C36H30NP2.C5H5.3CO.V/c1-7-19-31(20-8-1)38(32-21-9-2-10-22-32,33-23-11-3-12-24-33)37-39(34-25-13-4-14-26-34,35-27-15-5-16-28-35)36-29-17-6-18-30-36;1-2-4-5-3-1;3*1-2;/h1-30H;1-5H;;;;/q+1;;;;;. The molecule has 0 unspecified atom stereocenters. The third-order valence-corrected chi connectivity index (χ3v) is 16.0. The fourth-order valence-corrected chi connectivity index (χ4v) is 15.1. The summed E-state index contributed by atoms with van der Waals surface area (Å²) >= 11 is 0. The fraction of sp³-hybridized carbons (Fsp3) is 0. The first-order valence-corrected chi connectivity index (χ1v) is 19.0. The summed E-state index contributed by atoms with van der Waals surface area (Å²) in [6.45, 7) is 13.5. The van der Waals surface area contributed by atoms with Crippen molar-refractivity contribution in [1.29, 1.82) is 0 Å². The van der Waals surface area contributed by atoms with Crippen molar-refractivity contribution in [1.82, 2.24) is 4.17 Å². The van der Waals surface area contributed by atoms with Crippen LogP contribution in [0.3, 0.4) is 0 Å². The first kappa shape index (κ1) is 42.3. The molecule has 1 aliphatic carbocycles. The van der Waals surface area contributed by atoms with Gasteiger partial charge in [0.1, 0.15) is 0 Å². The van der Waals surface area contributed by atoms with Crippen LogP contribution in [0, 0.1) is 26.4 Å². The summed E-state index contributed by atoms with van der Waals surface area (Å²) in [7, 11) is -4.99. The molecule has 0 bridgehead atoms. The van der Waals surface area contributed by atoms with E-state index in [4.69, 9.17) is 18.1 Å². The molecular formula is C44H35NO3P2V+. The largest absolute Gasteiger partial charge is 0.301 e. The van der Waals surface area contributed by atoms with Gasteiger partial charge in [0.05, 0.1) is 31.8 Å². The maximum Gasteiger partial charge on any atom is 0.301 e. The molecule has 1 aliphatic rings. The van der Waals surface area contributed by atoms with Gasteiger partial charge in [-0.1, -0.05) is 133 Å². The van der Waals surface area contributed by atoms with E-state index in [1.807, 2.05) is 30.7 Å². The number of allylic oxidation sites excluding steroid dienone is 4. The summed E-state index contributed by atoms with van der Waals surface area (Å²) in [5, 5.41) is 7.55. The molecule has 7 heteroatoms. The van der Waals surface area contributed by atoms with Crippen LogP contribution in [-0.4, -0.2) is 0 Å². The zero-order valence-electron chi connectivity index (χ0n) is 27.7. The Balaban J connectivity index is 0.000000665. The predicted molar refractivity (Wildman–Crippen MR) is 207 cm³/mol. The Hall–Kier alpha value is -4.83. The minimum absolute atomic E-state index is 0. The van der Waals surface area contributed by atoms with E-state index in [9.17, 15) is 0 Å². The Kier molecular flexibility index (Phi) is 19.6. The van der Waals surface area contributed by atoms with Crippen molar-refractivity contribution in [2.75, 3.05) is 0 Å². The summed E-state index contributed by atoms with van der Waals surface area (Å²) in [5.41, 5.74) is 0. The predicted octanol–water partition coefficient (Wildman–Crippen LogP) is 7.61. The van der Waals surface area contributed by atoms with Gasteiger partial charge in [-0.25, -0.2) is 0 Å². The molecule has 0 aliphatic heterocycles. The Morgan fingerprint density at radius 2 is 0.471 bits per heavy atom. The van der Waals surface area contributed by atoms with E-state index in [0.717, 1.165) is 0 Å². The monoisotopic (exact) mass is 738 g/mol. The van der Waals surface area contributed by atoms with Crippen LogP contribution in [0.15, 0.2) is 206 Å². The second kappa shape index (κ2) is 23.6.